The number of esters is 6. The molecule has 106 heavy (non-hydrogen) atoms. The van der Waals surface area contributed by atoms with Gasteiger partial charge in [-0.05, 0) is 39.5 Å². The minimum atomic E-state index is -2.18. The van der Waals surface area contributed by atoms with Crippen LogP contribution in [0.25, 0.3) is 0 Å². The zero-order valence-corrected chi connectivity index (χ0v) is 59.7. The lowest BCUT2D eigenvalue weighted by atomic mass is 10.1. The lowest BCUT2D eigenvalue weighted by molar-refractivity contribution is -0.154. The highest BCUT2D eigenvalue weighted by atomic mass is 16.6. The first-order valence-corrected chi connectivity index (χ1v) is 34.3. The molecule has 10 unspecified atom stereocenters. The summed E-state index contributed by atoms with van der Waals surface area (Å²) in [6, 6.07) is -20.1. The Kier molecular flexibility index (Phi) is 48.6. The first kappa shape index (κ1) is 95.3. The molecule has 0 saturated heterocycles. The monoisotopic (exact) mass is 1520 g/mol. The van der Waals surface area contributed by atoms with Crippen molar-refractivity contribution in [2.45, 2.75) is 242 Å². The Morgan fingerprint density at radius 3 is 0.717 bits per heavy atom. The topological polar surface area (TPSA) is 678 Å². The number of hydrogen-bond donors (Lipinski definition) is 16. The summed E-state index contributed by atoms with van der Waals surface area (Å²) in [6.45, 7) is 3.94. The van der Waals surface area contributed by atoms with Crippen LogP contribution >= 0.6 is 0 Å². The number of amides is 10. The van der Waals surface area contributed by atoms with E-state index >= 15 is 0 Å². The van der Waals surface area contributed by atoms with Gasteiger partial charge in [0.2, 0.25) is 59.1 Å². The van der Waals surface area contributed by atoms with Crippen LogP contribution in [0.15, 0.2) is 0 Å². The average molecular weight is 1520 g/mol. The predicted octanol–water partition coefficient (Wildman–Crippen LogP) is -4.47. The van der Waals surface area contributed by atoms with Crippen molar-refractivity contribution < 1.29 is 145 Å². The third-order valence-electron chi connectivity index (χ3n) is 14.9. The van der Waals surface area contributed by atoms with Crippen molar-refractivity contribution in [2.24, 2.45) is 22.9 Å². The number of carbonyl (C=O) groups is 20. The second kappa shape index (κ2) is 54.0. The Labute approximate surface area is 609 Å². The van der Waals surface area contributed by atoms with Gasteiger partial charge in [0, 0.05) is 12.8 Å². The summed E-state index contributed by atoms with van der Waals surface area (Å²) in [5, 5.41) is 53.7. The van der Waals surface area contributed by atoms with Crippen molar-refractivity contribution in [3.05, 3.63) is 0 Å². The van der Waals surface area contributed by atoms with Crippen LogP contribution in [-0.4, -0.2) is 239 Å². The molecule has 598 valence electrons. The second-order valence-electron chi connectivity index (χ2n) is 23.8. The summed E-state index contributed by atoms with van der Waals surface area (Å²) in [6.07, 6.45) is -2.34. The van der Waals surface area contributed by atoms with Gasteiger partial charge in [-0.15, -0.1) is 0 Å². The van der Waals surface area contributed by atoms with E-state index in [1.165, 1.54) is 13.8 Å². The molecule has 0 rings (SSSR count). The fourth-order valence-corrected chi connectivity index (χ4v) is 9.19. The maximum absolute atomic E-state index is 14.3. The van der Waals surface area contributed by atoms with E-state index in [0.717, 1.165) is 51.4 Å². The first-order chi connectivity index (χ1) is 50.0. The van der Waals surface area contributed by atoms with Crippen LogP contribution in [0.1, 0.15) is 182 Å². The van der Waals surface area contributed by atoms with Crippen LogP contribution in [0, 0.1) is 0 Å². The normalized spacial score (nSPS) is 13.6. The van der Waals surface area contributed by atoms with Gasteiger partial charge < -0.3 is 114 Å². The maximum atomic E-state index is 14.3. The van der Waals surface area contributed by atoms with E-state index in [1.54, 1.807) is 0 Å². The molecule has 42 heteroatoms. The summed E-state index contributed by atoms with van der Waals surface area (Å²) in [5.74, 6) is -27.5. The zero-order valence-electron chi connectivity index (χ0n) is 59.7. The zero-order chi connectivity index (χ0) is 80.4. The first-order valence-electron chi connectivity index (χ1n) is 34.3. The fraction of sp³-hybridized carbons (Fsp3) is 0.688. The number of hydrogen-bond acceptors (Lipinski definition) is 28. The number of nitrogens with one attached hydrogen (secondary N) is 8. The molecule has 0 spiro atoms. The summed E-state index contributed by atoms with van der Waals surface area (Å²) in [5.41, 5.74) is 22.3. The Morgan fingerprint density at radius 1 is 0.274 bits per heavy atom. The highest BCUT2D eigenvalue weighted by molar-refractivity contribution is 6.01. The molecule has 10 amide bonds. The van der Waals surface area contributed by atoms with E-state index < -0.39 is 269 Å². The number of ether oxygens (including phenoxy) is 6. The van der Waals surface area contributed by atoms with Crippen LogP contribution in [0.2, 0.25) is 0 Å². The third-order valence-corrected chi connectivity index (χ3v) is 14.9. The molecule has 10 atom stereocenters. The molecule has 20 N–H and O–H groups in total. The van der Waals surface area contributed by atoms with Gasteiger partial charge >= 0.3 is 59.7 Å². The molecular weight excluding hydrogens is 1420 g/mol. The number of rotatable bonds is 59. The molecular formula is C64H102N12O30. The Bertz CT molecular complexity index is 2810. The number of unbranched alkanes of at least 4 members (excludes halogenated alkanes) is 10. The molecule has 0 aliphatic carbocycles. The number of primary amides is 2. The van der Waals surface area contributed by atoms with Gasteiger partial charge in [-0.2, -0.15) is 0 Å². The third kappa shape index (κ3) is 44.1. The smallest absolute Gasteiger partial charge is 0.308 e. The van der Waals surface area contributed by atoms with E-state index in [1.807, 2.05) is 24.5 Å². The number of aliphatic carboxylic acids is 4. The molecule has 42 nitrogen and oxygen atoms in total. The number of carbonyl (C=O) groups excluding carboxylic acids is 16. The predicted molar refractivity (Wildman–Crippen MR) is 360 cm³/mol. The number of carboxylic acids is 4. The molecule has 0 saturated carbocycles. The van der Waals surface area contributed by atoms with E-state index in [-0.39, 0.29) is 26.4 Å². The highest BCUT2D eigenvalue weighted by Gasteiger charge is 2.38. The summed E-state index contributed by atoms with van der Waals surface area (Å²) < 4.78 is 30.6. The van der Waals surface area contributed by atoms with E-state index in [4.69, 9.17) is 51.4 Å². The molecule has 0 aromatic carbocycles. The molecule has 0 heterocycles. The molecule has 0 fully saturated rings. The standard InChI is InChI=1S/C64H102N12O30/c1-5-9-11-13-15-17-23-103-51(87)33-43(63(99)73-41(29-49(85)101-7-3)59(95)69-37(55(67)91)27-47(81)82)75-61(97)39(71-57(93)35(65)19-21-45(77)78)31-53(89)105-25-26-106-54(90)32-40(72-58(94)36(66)20-22-46(79)80)62(98)76-44(34-52(88)104-24-18-16-14-12-10-6-2)64(100)74-42(30-50(86)102-8-4)60(96)70-38(56(68)92)28-48(83)84/h35-44H,5-34,65-66H2,1-4H3,(H2,67,91)(H2,68,92)(H,69,95)(H,70,96)(H,71,93)(H,72,94)(H,73,99)(H,74,100)(H,75,97)(H,76,98)(H,77,78)(H,79,80)(H,81,82)(H,83,84). The molecule has 0 bridgehead atoms. The largest absolute Gasteiger partial charge is 0.481 e. The SMILES string of the molecule is CCCCCCCCOC(=O)CC(NC(=O)C(CC(=O)OCCOC(=O)CC(NC(=O)C(N)CCC(=O)O)C(=O)NC(CC(=O)OCCCCCCCC)C(=O)NC(CC(=O)OCC)C(=O)NC(CC(=O)O)C(N)=O)NC(=O)C(N)CCC(=O)O)C(=O)NC(CC(=O)OCC)C(=O)NC(CC(=O)O)C(N)=O. The van der Waals surface area contributed by atoms with Gasteiger partial charge in [-0.3, -0.25) is 95.9 Å². The summed E-state index contributed by atoms with van der Waals surface area (Å²) >= 11 is 0. The minimum Gasteiger partial charge on any atom is -0.481 e. The fourth-order valence-electron chi connectivity index (χ4n) is 9.19. The van der Waals surface area contributed by atoms with Crippen LogP contribution < -0.4 is 65.5 Å². The van der Waals surface area contributed by atoms with E-state index in [9.17, 15) is 116 Å². The number of carboxylic acid groups (broad SMARTS) is 4. The van der Waals surface area contributed by atoms with Crippen LogP contribution in [0.5, 0.6) is 0 Å². The van der Waals surface area contributed by atoms with Gasteiger partial charge in [0.15, 0.2) is 0 Å². The molecule has 0 radical (unpaired) electrons. The maximum Gasteiger partial charge on any atom is 0.308 e. The molecule has 0 aromatic rings. The van der Waals surface area contributed by atoms with E-state index in [2.05, 4.69) is 31.9 Å². The van der Waals surface area contributed by atoms with Gasteiger partial charge in [0.05, 0.1) is 89.9 Å². The van der Waals surface area contributed by atoms with Crippen molar-refractivity contribution in [1.82, 2.24) is 42.5 Å². The van der Waals surface area contributed by atoms with Crippen molar-refractivity contribution in [2.75, 3.05) is 39.6 Å². The molecule has 0 aliphatic rings. The van der Waals surface area contributed by atoms with Crippen LogP contribution in [0.3, 0.4) is 0 Å². The van der Waals surface area contributed by atoms with E-state index in [0.29, 0.717) is 25.7 Å². The second-order valence-corrected chi connectivity index (χ2v) is 23.8. The quantitative estimate of drug-likeness (QED) is 0.0155. The van der Waals surface area contributed by atoms with Crippen molar-refractivity contribution in [3.8, 4) is 0 Å². The Hall–Kier alpha value is -10.7. The summed E-state index contributed by atoms with van der Waals surface area (Å²) in [7, 11) is 0. The van der Waals surface area contributed by atoms with Gasteiger partial charge in [-0.1, -0.05) is 78.1 Å². The summed E-state index contributed by atoms with van der Waals surface area (Å²) in [4.78, 5) is 260. The van der Waals surface area contributed by atoms with Gasteiger partial charge in [0.25, 0.3) is 0 Å². The van der Waals surface area contributed by atoms with Crippen molar-refractivity contribution >= 4 is 119 Å². The lowest BCUT2D eigenvalue weighted by Crippen LogP contribution is -2.59. The number of nitrogens with two attached hydrogens (primary N) is 4. The van der Waals surface area contributed by atoms with Crippen molar-refractivity contribution in [3.63, 3.8) is 0 Å². The highest BCUT2D eigenvalue weighted by Crippen LogP contribution is 2.12. The van der Waals surface area contributed by atoms with Gasteiger partial charge in [0.1, 0.15) is 61.5 Å². The Morgan fingerprint density at radius 2 is 0.491 bits per heavy atom. The minimum absolute atomic E-state index is 0.193. The van der Waals surface area contributed by atoms with Crippen molar-refractivity contribution in [1.29, 1.82) is 0 Å². The van der Waals surface area contributed by atoms with Crippen LogP contribution in [0.4, 0.5) is 0 Å². The molecule has 0 aromatic heterocycles. The van der Waals surface area contributed by atoms with Gasteiger partial charge in [-0.25, -0.2) is 0 Å². The Balaban J connectivity index is 7.37. The lowest BCUT2D eigenvalue weighted by Gasteiger charge is -2.26. The molecule has 0 aliphatic heterocycles. The average Bonchev–Trinajstić information content (AvgIpc) is 0.861. The van der Waals surface area contributed by atoms with Crippen LogP contribution in [-0.2, 0) is 124 Å².